The minimum absolute atomic E-state index is 0.0153. The van der Waals surface area contributed by atoms with Gasteiger partial charge in [0, 0.05) is 24.2 Å². The Morgan fingerprint density at radius 3 is 2.85 bits per heavy atom. The Balaban J connectivity index is 1.90. The number of aryl methyl sites for hydroxylation is 1. The average Bonchev–Trinajstić information content (AvgIpc) is 3.51. The van der Waals surface area contributed by atoms with Gasteiger partial charge >= 0.3 is 5.97 Å². The smallest absolute Gasteiger partial charge is 0.343 e. The van der Waals surface area contributed by atoms with Crippen LogP contribution in [0, 0.1) is 0 Å². The molecule has 1 aliphatic carbocycles. The van der Waals surface area contributed by atoms with Crippen molar-refractivity contribution in [3.05, 3.63) is 58.4 Å². The van der Waals surface area contributed by atoms with Gasteiger partial charge in [-0.25, -0.2) is 4.79 Å². The highest BCUT2D eigenvalue weighted by atomic mass is 16.5. The van der Waals surface area contributed by atoms with Crippen LogP contribution in [0.25, 0.3) is 10.9 Å². The zero-order chi connectivity index (χ0) is 19.2. The van der Waals surface area contributed by atoms with Gasteiger partial charge in [-0.05, 0) is 43.4 Å². The van der Waals surface area contributed by atoms with E-state index in [0.717, 1.165) is 36.8 Å². The summed E-state index contributed by atoms with van der Waals surface area (Å²) in [7, 11) is 0. The van der Waals surface area contributed by atoms with Crippen molar-refractivity contribution in [2.75, 3.05) is 26.4 Å². The molecule has 2 aromatic rings. The zero-order valence-corrected chi connectivity index (χ0v) is 15.4. The van der Waals surface area contributed by atoms with Crippen molar-refractivity contribution in [2.24, 2.45) is 0 Å². The Bertz CT molecular complexity index is 882. The number of hydrogen-bond acceptors (Lipinski definition) is 5. The zero-order valence-electron chi connectivity index (χ0n) is 15.4. The van der Waals surface area contributed by atoms with Gasteiger partial charge in [0.05, 0.1) is 18.7 Å². The second kappa shape index (κ2) is 8.97. The summed E-state index contributed by atoms with van der Waals surface area (Å²) in [6.45, 7) is 4.51. The molecule has 0 amide bonds. The molecule has 27 heavy (non-hydrogen) atoms. The molecule has 1 N–H and O–H groups in total. The van der Waals surface area contributed by atoms with E-state index in [-0.39, 0.29) is 24.2 Å². The van der Waals surface area contributed by atoms with E-state index < -0.39 is 5.97 Å². The van der Waals surface area contributed by atoms with Crippen molar-refractivity contribution in [1.29, 1.82) is 0 Å². The number of aromatic nitrogens is 1. The summed E-state index contributed by atoms with van der Waals surface area (Å²) in [6, 6.07) is 6.17. The molecule has 0 aliphatic heterocycles. The van der Waals surface area contributed by atoms with Crippen LogP contribution in [0.1, 0.15) is 41.2 Å². The number of nitrogens with zero attached hydrogens (tertiary/aromatic N) is 1. The van der Waals surface area contributed by atoms with Crippen LogP contribution < -0.4 is 5.43 Å². The van der Waals surface area contributed by atoms with Crippen LogP contribution in [-0.2, 0) is 15.9 Å². The van der Waals surface area contributed by atoms with Gasteiger partial charge in [-0.2, -0.15) is 0 Å². The predicted molar refractivity (Wildman–Crippen MR) is 103 cm³/mol. The van der Waals surface area contributed by atoms with Crippen LogP contribution in [0.3, 0.4) is 0 Å². The number of hydrogen-bond donors (Lipinski definition) is 1. The second-order valence-electron chi connectivity index (χ2n) is 6.69. The Hall–Kier alpha value is -2.44. The van der Waals surface area contributed by atoms with Crippen LogP contribution in [0.2, 0.25) is 0 Å². The fourth-order valence-corrected chi connectivity index (χ4v) is 3.12. The Morgan fingerprint density at radius 2 is 2.15 bits per heavy atom. The number of aliphatic hydroxyl groups excluding tert-OH is 1. The molecule has 6 heteroatoms. The minimum atomic E-state index is -0.612. The molecule has 0 radical (unpaired) electrons. The fraction of sp³-hybridized carbons (Fsp3) is 0.429. The SMILES string of the molecule is C=CCOC(=O)c1cn(C2CC2)c2ccc(CCCOCCO)cc2c1=O. The molecule has 1 saturated carbocycles. The van der Waals surface area contributed by atoms with Crippen molar-refractivity contribution in [2.45, 2.75) is 31.7 Å². The maximum atomic E-state index is 12.9. The largest absolute Gasteiger partial charge is 0.458 e. The third-order valence-corrected chi connectivity index (χ3v) is 4.58. The minimum Gasteiger partial charge on any atom is -0.458 e. The summed E-state index contributed by atoms with van der Waals surface area (Å²) in [5.41, 5.74) is 1.64. The summed E-state index contributed by atoms with van der Waals surface area (Å²) in [5, 5.41) is 9.27. The van der Waals surface area contributed by atoms with Crippen LogP contribution in [0.15, 0.2) is 41.8 Å². The van der Waals surface area contributed by atoms with E-state index in [4.69, 9.17) is 14.6 Å². The first-order valence-corrected chi connectivity index (χ1v) is 9.30. The molecule has 0 bridgehead atoms. The molecule has 0 spiro atoms. The molecule has 0 atom stereocenters. The molecule has 6 nitrogen and oxygen atoms in total. The normalized spacial score (nSPS) is 13.7. The number of carbonyl (C=O) groups is 1. The van der Waals surface area contributed by atoms with E-state index in [9.17, 15) is 9.59 Å². The summed E-state index contributed by atoms with van der Waals surface area (Å²) in [4.78, 5) is 25.2. The number of fused-ring (bicyclic) bond motifs is 1. The molecule has 1 heterocycles. The van der Waals surface area contributed by atoms with E-state index >= 15 is 0 Å². The molecule has 1 aromatic carbocycles. The lowest BCUT2D eigenvalue weighted by Gasteiger charge is -2.13. The fourth-order valence-electron chi connectivity index (χ4n) is 3.12. The number of rotatable bonds is 10. The maximum absolute atomic E-state index is 12.9. The first-order valence-electron chi connectivity index (χ1n) is 9.30. The molecule has 3 rings (SSSR count). The van der Waals surface area contributed by atoms with Crippen molar-refractivity contribution >= 4 is 16.9 Å². The second-order valence-corrected chi connectivity index (χ2v) is 6.69. The predicted octanol–water partition coefficient (Wildman–Crippen LogP) is 2.62. The third kappa shape index (κ3) is 4.64. The number of ether oxygens (including phenoxy) is 2. The third-order valence-electron chi connectivity index (χ3n) is 4.58. The first-order chi connectivity index (χ1) is 13.2. The number of benzene rings is 1. The van der Waals surface area contributed by atoms with Crippen molar-refractivity contribution in [1.82, 2.24) is 4.57 Å². The van der Waals surface area contributed by atoms with Crippen LogP contribution in [0.5, 0.6) is 0 Å². The first kappa shape index (κ1) is 19.3. The van der Waals surface area contributed by atoms with Gasteiger partial charge in [-0.3, -0.25) is 4.79 Å². The molecule has 0 saturated heterocycles. The lowest BCUT2D eigenvalue weighted by Crippen LogP contribution is -2.21. The molecular weight excluding hydrogens is 346 g/mol. The van der Waals surface area contributed by atoms with Crippen LogP contribution in [-0.4, -0.2) is 42.1 Å². The molecule has 1 fully saturated rings. The van der Waals surface area contributed by atoms with E-state index in [0.29, 0.717) is 24.6 Å². The highest BCUT2D eigenvalue weighted by Crippen LogP contribution is 2.37. The van der Waals surface area contributed by atoms with Crippen molar-refractivity contribution in [3.8, 4) is 0 Å². The summed E-state index contributed by atoms with van der Waals surface area (Å²) >= 11 is 0. The highest BCUT2D eigenvalue weighted by Gasteiger charge is 2.27. The van der Waals surface area contributed by atoms with E-state index in [1.54, 1.807) is 6.20 Å². The van der Waals surface area contributed by atoms with E-state index in [2.05, 4.69) is 6.58 Å². The van der Waals surface area contributed by atoms with Gasteiger partial charge in [-0.15, -0.1) is 0 Å². The van der Waals surface area contributed by atoms with Gasteiger partial charge in [-0.1, -0.05) is 18.7 Å². The monoisotopic (exact) mass is 371 g/mol. The summed E-state index contributed by atoms with van der Waals surface area (Å²) < 4.78 is 12.4. The Kier molecular flexibility index (Phi) is 6.42. The number of carbonyl (C=O) groups excluding carboxylic acids is 1. The lowest BCUT2D eigenvalue weighted by atomic mass is 10.0. The molecule has 144 valence electrons. The van der Waals surface area contributed by atoms with E-state index in [1.807, 2.05) is 22.8 Å². The quantitative estimate of drug-likeness (QED) is 0.395. The van der Waals surface area contributed by atoms with Gasteiger partial charge < -0.3 is 19.1 Å². The summed E-state index contributed by atoms with van der Waals surface area (Å²) in [6.07, 6.45) is 6.76. The number of esters is 1. The molecular formula is C21H25NO5. The van der Waals surface area contributed by atoms with Gasteiger partial charge in [0.15, 0.2) is 0 Å². The van der Waals surface area contributed by atoms with Gasteiger partial charge in [0.2, 0.25) is 5.43 Å². The standard InChI is InChI=1S/C21H25NO5/c1-2-10-27-21(25)18-14-22(16-6-7-16)19-8-5-15(13-17(19)20(18)24)4-3-11-26-12-9-23/h2,5,8,13-14,16,23H,1,3-4,6-7,9-12H2. The van der Waals surface area contributed by atoms with Gasteiger partial charge in [0.25, 0.3) is 0 Å². The van der Waals surface area contributed by atoms with Crippen molar-refractivity contribution in [3.63, 3.8) is 0 Å². The topological polar surface area (TPSA) is 77.8 Å². The average molecular weight is 371 g/mol. The Labute approximate surface area is 158 Å². The summed E-state index contributed by atoms with van der Waals surface area (Å²) in [5.74, 6) is -0.612. The molecule has 0 unspecified atom stereocenters. The van der Waals surface area contributed by atoms with Crippen LogP contribution >= 0.6 is 0 Å². The number of pyridine rings is 1. The lowest BCUT2D eigenvalue weighted by molar-refractivity contribution is 0.0547. The van der Waals surface area contributed by atoms with Crippen molar-refractivity contribution < 1.29 is 19.4 Å². The highest BCUT2D eigenvalue weighted by molar-refractivity contribution is 5.94. The maximum Gasteiger partial charge on any atom is 0.343 e. The van der Waals surface area contributed by atoms with Gasteiger partial charge in [0.1, 0.15) is 12.2 Å². The number of aliphatic hydroxyl groups is 1. The Morgan fingerprint density at radius 1 is 1.33 bits per heavy atom. The molecule has 1 aliphatic rings. The van der Waals surface area contributed by atoms with Crippen LogP contribution in [0.4, 0.5) is 0 Å². The molecule has 1 aromatic heterocycles. The van der Waals surface area contributed by atoms with E-state index in [1.165, 1.54) is 6.08 Å².